The first-order valence-corrected chi connectivity index (χ1v) is 12.7. The third kappa shape index (κ3) is 7.67. The van der Waals surface area contributed by atoms with Crippen molar-refractivity contribution >= 4 is 37.5 Å². The van der Waals surface area contributed by atoms with Crippen LogP contribution in [0.2, 0.25) is 0 Å². The topological polar surface area (TPSA) is 66.5 Å². The Balaban J connectivity index is 1.63. The second kappa shape index (κ2) is 9.53. The lowest BCUT2D eigenvalue weighted by Gasteiger charge is -2.33. The molecule has 2 unspecified atom stereocenters. The van der Waals surface area contributed by atoms with E-state index < -0.39 is 10.0 Å². The van der Waals surface area contributed by atoms with Gasteiger partial charge in [-0.25, -0.2) is 13.1 Å². The number of hydrogen-bond donors (Lipinski definition) is 1. The highest BCUT2D eigenvalue weighted by atomic mass is 33.1. The van der Waals surface area contributed by atoms with Gasteiger partial charge in [-0.3, -0.25) is 4.79 Å². The minimum absolute atomic E-state index is 0.238. The molecule has 2 fully saturated rings. The molecular formula is C15H28N2O3S3. The zero-order valence-electron chi connectivity index (χ0n) is 13.8. The van der Waals surface area contributed by atoms with Gasteiger partial charge in [-0.15, -0.1) is 0 Å². The Labute approximate surface area is 148 Å². The maximum absolute atomic E-state index is 12.3. The maximum atomic E-state index is 12.3. The Morgan fingerprint density at radius 2 is 2.13 bits per heavy atom. The molecule has 0 spiro atoms. The Kier molecular flexibility index (Phi) is 8.04. The highest BCUT2D eigenvalue weighted by Crippen LogP contribution is 2.39. The number of nitrogens with one attached hydrogen (secondary N) is 1. The zero-order valence-corrected chi connectivity index (χ0v) is 16.3. The molecule has 2 heterocycles. The number of amides is 1. The summed E-state index contributed by atoms with van der Waals surface area (Å²) in [5, 5.41) is 0.788. The van der Waals surface area contributed by atoms with E-state index in [1.165, 1.54) is 24.9 Å². The first-order valence-electron chi connectivity index (χ1n) is 8.45. The van der Waals surface area contributed by atoms with Gasteiger partial charge in [-0.1, -0.05) is 28.0 Å². The standard InChI is InChI=1S/C15H28N2O3S3/c1-23(19,20)16-11-13-5-4-9-17(12-13)15(18)7-3-2-6-14-8-10-21-22-14/h13-14,16H,2-12H2,1H3. The molecule has 1 amide bonds. The summed E-state index contributed by atoms with van der Waals surface area (Å²) in [6.07, 6.45) is 8.42. The Bertz CT molecular complexity index is 478. The number of nitrogens with zero attached hydrogens (tertiary/aromatic N) is 1. The molecule has 1 N–H and O–H groups in total. The summed E-state index contributed by atoms with van der Waals surface area (Å²) >= 11 is 0. The molecular weight excluding hydrogens is 352 g/mol. The number of carbonyl (C=O) groups is 1. The van der Waals surface area contributed by atoms with Crippen molar-refractivity contribution in [2.45, 2.75) is 50.2 Å². The van der Waals surface area contributed by atoms with Crippen molar-refractivity contribution < 1.29 is 13.2 Å². The van der Waals surface area contributed by atoms with E-state index in [0.717, 1.165) is 37.5 Å². The van der Waals surface area contributed by atoms with Gasteiger partial charge in [0.25, 0.3) is 0 Å². The fourth-order valence-corrected chi connectivity index (χ4v) is 6.66. The van der Waals surface area contributed by atoms with Gasteiger partial charge >= 0.3 is 0 Å². The Morgan fingerprint density at radius 3 is 2.83 bits per heavy atom. The van der Waals surface area contributed by atoms with Crippen LogP contribution in [0.25, 0.3) is 0 Å². The molecule has 0 aromatic heterocycles. The third-order valence-corrected chi connectivity index (χ3v) is 8.10. The van der Waals surface area contributed by atoms with Gasteiger partial charge in [-0.05, 0) is 38.0 Å². The molecule has 0 radical (unpaired) electrons. The van der Waals surface area contributed by atoms with Crippen molar-refractivity contribution in [3.05, 3.63) is 0 Å². The van der Waals surface area contributed by atoms with Crippen molar-refractivity contribution in [3.8, 4) is 0 Å². The molecule has 23 heavy (non-hydrogen) atoms. The summed E-state index contributed by atoms with van der Waals surface area (Å²) in [5.74, 6) is 1.75. The van der Waals surface area contributed by atoms with E-state index in [1.54, 1.807) is 0 Å². The number of sulfonamides is 1. The zero-order chi connectivity index (χ0) is 16.7. The molecule has 2 atom stereocenters. The predicted molar refractivity (Wildman–Crippen MR) is 99.1 cm³/mol. The molecule has 2 aliphatic heterocycles. The molecule has 0 aliphatic carbocycles. The van der Waals surface area contributed by atoms with Crippen LogP contribution >= 0.6 is 21.6 Å². The van der Waals surface area contributed by atoms with E-state index in [9.17, 15) is 13.2 Å². The third-order valence-electron chi connectivity index (χ3n) is 4.40. The average Bonchev–Trinajstić information content (AvgIpc) is 3.02. The van der Waals surface area contributed by atoms with Crippen molar-refractivity contribution in [3.63, 3.8) is 0 Å². The van der Waals surface area contributed by atoms with Crippen molar-refractivity contribution in [1.82, 2.24) is 9.62 Å². The van der Waals surface area contributed by atoms with Crippen LogP contribution in [0.5, 0.6) is 0 Å². The molecule has 2 rings (SSSR count). The van der Waals surface area contributed by atoms with Crippen molar-refractivity contribution in [1.29, 1.82) is 0 Å². The lowest BCUT2D eigenvalue weighted by Crippen LogP contribution is -2.43. The first kappa shape index (κ1) is 19.4. The molecule has 8 heteroatoms. The summed E-state index contributed by atoms with van der Waals surface area (Å²) in [7, 11) is 0.827. The van der Waals surface area contributed by atoms with Crippen LogP contribution in [0.3, 0.4) is 0 Å². The summed E-state index contributed by atoms with van der Waals surface area (Å²) in [4.78, 5) is 14.2. The van der Waals surface area contributed by atoms with Crippen LogP contribution in [0.4, 0.5) is 0 Å². The number of carbonyl (C=O) groups excluding carboxylic acids is 1. The van der Waals surface area contributed by atoms with Gasteiger partial charge < -0.3 is 4.90 Å². The normalized spacial score (nSPS) is 25.7. The largest absolute Gasteiger partial charge is 0.342 e. The molecule has 0 aromatic carbocycles. The lowest BCUT2D eigenvalue weighted by molar-refractivity contribution is -0.133. The molecule has 5 nitrogen and oxygen atoms in total. The minimum Gasteiger partial charge on any atom is -0.342 e. The van der Waals surface area contributed by atoms with Crippen LogP contribution in [0, 0.1) is 5.92 Å². The van der Waals surface area contributed by atoms with Gasteiger partial charge in [0, 0.05) is 37.1 Å². The average molecular weight is 381 g/mol. The minimum atomic E-state index is -3.14. The quantitative estimate of drug-likeness (QED) is 0.518. The monoisotopic (exact) mass is 380 g/mol. The van der Waals surface area contributed by atoms with Crippen LogP contribution in [-0.2, 0) is 14.8 Å². The molecule has 0 saturated carbocycles. The second-order valence-electron chi connectivity index (χ2n) is 6.54. The number of piperidine rings is 1. The number of unbranched alkanes of at least 4 members (excludes halogenated alkanes) is 1. The molecule has 0 bridgehead atoms. The molecule has 2 saturated heterocycles. The van der Waals surface area contributed by atoms with Crippen LogP contribution in [0.15, 0.2) is 0 Å². The number of rotatable bonds is 8. The maximum Gasteiger partial charge on any atom is 0.222 e. The predicted octanol–water partition coefficient (Wildman–Crippen LogP) is 2.49. The van der Waals surface area contributed by atoms with Gasteiger partial charge in [0.05, 0.1) is 6.26 Å². The number of likely N-dealkylation sites (tertiary alicyclic amines) is 1. The van der Waals surface area contributed by atoms with E-state index in [1.807, 2.05) is 26.5 Å². The second-order valence-corrected chi connectivity index (χ2v) is 11.2. The van der Waals surface area contributed by atoms with Crippen LogP contribution < -0.4 is 4.72 Å². The van der Waals surface area contributed by atoms with E-state index in [0.29, 0.717) is 19.5 Å². The first-order chi connectivity index (χ1) is 10.9. The fraction of sp³-hybridized carbons (Fsp3) is 0.933. The van der Waals surface area contributed by atoms with E-state index >= 15 is 0 Å². The fourth-order valence-electron chi connectivity index (χ4n) is 3.10. The highest BCUT2D eigenvalue weighted by molar-refractivity contribution is 8.77. The van der Waals surface area contributed by atoms with Gasteiger partial charge in [0.1, 0.15) is 0 Å². The van der Waals surface area contributed by atoms with E-state index in [2.05, 4.69) is 4.72 Å². The van der Waals surface area contributed by atoms with Gasteiger partial charge in [0.2, 0.25) is 15.9 Å². The lowest BCUT2D eigenvalue weighted by atomic mass is 9.98. The van der Waals surface area contributed by atoms with Crippen LogP contribution in [-0.4, -0.2) is 56.1 Å². The molecule has 2 aliphatic rings. The van der Waals surface area contributed by atoms with Gasteiger partial charge in [-0.2, -0.15) is 0 Å². The van der Waals surface area contributed by atoms with E-state index in [-0.39, 0.29) is 11.8 Å². The smallest absolute Gasteiger partial charge is 0.222 e. The SMILES string of the molecule is CS(=O)(=O)NCC1CCCN(C(=O)CCCCC2CCSS2)C1. The molecule has 0 aromatic rings. The van der Waals surface area contributed by atoms with Crippen molar-refractivity contribution in [2.75, 3.05) is 31.6 Å². The van der Waals surface area contributed by atoms with Gasteiger partial charge in [0.15, 0.2) is 0 Å². The molecule has 134 valence electrons. The van der Waals surface area contributed by atoms with E-state index in [4.69, 9.17) is 0 Å². The Morgan fingerprint density at radius 1 is 1.30 bits per heavy atom. The summed E-state index contributed by atoms with van der Waals surface area (Å²) < 4.78 is 24.9. The van der Waals surface area contributed by atoms with Crippen molar-refractivity contribution in [2.24, 2.45) is 5.92 Å². The summed E-state index contributed by atoms with van der Waals surface area (Å²) in [6.45, 7) is 1.96. The van der Waals surface area contributed by atoms with Crippen LogP contribution in [0.1, 0.15) is 44.9 Å². The Hall–Kier alpha value is 0.0800. The number of hydrogen-bond acceptors (Lipinski definition) is 5. The summed E-state index contributed by atoms with van der Waals surface area (Å²) in [5.41, 5.74) is 0. The highest BCUT2D eigenvalue weighted by Gasteiger charge is 2.24. The summed E-state index contributed by atoms with van der Waals surface area (Å²) in [6, 6.07) is 0.